The summed E-state index contributed by atoms with van der Waals surface area (Å²) in [5.41, 5.74) is 3.31. The Bertz CT molecular complexity index is 432. The number of hydrogen-bond acceptors (Lipinski definition) is 3. The first kappa shape index (κ1) is 13.1. The van der Waals surface area contributed by atoms with Crippen molar-refractivity contribution < 1.29 is 9.53 Å². The normalized spacial score (nSPS) is 13.4. The van der Waals surface area contributed by atoms with Gasteiger partial charge in [-0.25, -0.2) is 0 Å². The number of ether oxygens (including phenoxy) is 1. The molecule has 1 amide bonds. The molecule has 0 aliphatic carbocycles. The average molecular weight is 248 g/mol. The summed E-state index contributed by atoms with van der Waals surface area (Å²) >= 11 is 0. The Labute approximate surface area is 108 Å². The molecule has 1 heterocycles. The van der Waals surface area contributed by atoms with Gasteiger partial charge in [-0.1, -0.05) is 6.07 Å². The van der Waals surface area contributed by atoms with E-state index >= 15 is 0 Å². The van der Waals surface area contributed by atoms with Crippen LogP contribution in [0.4, 0.5) is 0 Å². The first-order valence-electron chi connectivity index (χ1n) is 6.37. The summed E-state index contributed by atoms with van der Waals surface area (Å²) in [6, 6.07) is 5.98. The second kappa shape index (κ2) is 5.98. The van der Waals surface area contributed by atoms with E-state index in [4.69, 9.17) is 4.74 Å². The molecule has 1 N–H and O–H groups in total. The minimum absolute atomic E-state index is 0.0873. The number of methoxy groups -OCH3 is 1. The third-order valence-electron chi connectivity index (χ3n) is 3.32. The van der Waals surface area contributed by atoms with Crippen molar-refractivity contribution in [3.05, 3.63) is 34.9 Å². The molecule has 1 aliphatic rings. The molecule has 0 fully saturated rings. The first-order valence-corrected chi connectivity index (χ1v) is 6.37. The number of nitrogens with zero attached hydrogens (tertiary/aromatic N) is 1. The zero-order valence-electron chi connectivity index (χ0n) is 11.0. The Kier molecular flexibility index (Phi) is 4.33. The largest absolute Gasteiger partial charge is 0.383 e. The molecule has 0 spiro atoms. The van der Waals surface area contributed by atoms with Crippen molar-refractivity contribution >= 4 is 5.91 Å². The zero-order valence-corrected chi connectivity index (χ0v) is 11.0. The highest BCUT2D eigenvalue weighted by Crippen LogP contribution is 2.18. The number of carbonyl (C=O) groups excluding carboxylic acids is 1. The lowest BCUT2D eigenvalue weighted by Crippen LogP contribution is -2.33. The molecule has 0 aromatic heterocycles. The van der Waals surface area contributed by atoms with Crippen molar-refractivity contribution in [3.63, 3.8) is 0 Å². The van der Waals surface area contributed by atoms with Crippen LogP contribution in [0.2, 0.25) is 0 Å². The lowest BCUT2D eigenvalue weighted by atomic mass is 10.1. The van der Waals surface area contributed by atoms with Crippen LogP contribution in [0.1, 0.15) is 28.4 Å². The van der Waals surface area contributed by atoms with Crippen LogP contribution < -0.4 is 5.32 Å². The maximum Gasteiger partial charge on any atom is 0.253 e. The molecular weight excluding hydrogens is 228 g/mol. The summed E-state index contributed by atoms with van der Waals surface area (Å²) in [6.07, 6.45) is 0. The third-order valence-corrected chi connectivity index (χ3v) is 3.32. The van der Waals surface area contributed by atoms with Crippen LogP contribution in [0.15, 0.2) is 18.2 Å². The molecule has 4 heteroatoms. The van der Waals surface area contributed by atoms with E-state index in [0.717, 1.165) is 18.7 Å². The molecule has 4 nitrogen and oxygen atoms in total. The molecule has 1 aliphatic heterocycles. The average Bonchev–Trinajstić information content (AvgIpc) is 2.86. The summed E-state index contributed by atoms with van der Waals surface area (Å²) in [7, 11) is 1.65. The van der Waals surface area contributed by atoms with Gasteiger partial charge in [0.1, 0.15) is 0 Å². The van der Waals surface area contributed by atoms with Crippen molar-refractivity contribution in [2.24, 2.45) is 0 Å². The molecule has 0 unspecified atom stereocenters. The van der Waals surface area contributed by atoms with E-state index in [1.54, 1.807) is 7.11 Å². The van der Waals surface area contributed by atoms with Gasteiger partial charge >= 0.3 is 0 Å². The number of amides is 1. The number of likely N-dealkylation sites (N-methyl/N-ethyl adjacent to an activating group) is 1. The van der Waals surface area contributed by atoms with Gasteiger partial charge in [-0.05, 0) is 30.2 Å². The van der Waals surface area contributed by atoms with Crippen LogP contribution >= 0.6 is 0 Å². The van der Waals surface area contributed by atoms with E-state index < -0.39 is 0 Å². The van der Waals surface area contributed by atoms with E-state index in [-0.39, 0.29) is 5.91 Å². The smallest absolute Gasteiger partial charge is 0.253 e. The molecule has 98 valence electrons. The summed E-state index contributed by atoms with van der Waals surface area (Å²) in [6.45, 7) is 5.68. The van der Waals surface area contributed by atoms with Gasteiger partial charge in [0, 0.05) is 38.9 Å². The molecule has 0 atom stereocenters. The standard InChI is InChI=1S/C14H20N2O2/c1-3-16(6-7-18-2)14(17)11-4-5-12-9-15-10-13(12)8-11/h4-5,8,15H,3,6-7,9-10H2,1-2H3. The highest BCUT2D eigenvalue weighted by molar-refractivity contribution is 5.94. The van der Waals surface area contributed by atoms with E-state index in [1.807, 2.05) is 30.0 Å². The van der Waals surface area contributed by atoms with Gasteiger partial charge in [-0.3, -0.25) is 4.79 Å². The topological polar surface area (TPSA) is 41.6 Å². The Hall–Kier alpha value is -1.39. The van der Waals surface area contributed by atoms with Crippen LogP contribution in [0.25, 0.3) is 0 Å². The lowest BCUT2D eigenvalue weighted by molar-refractivity contribution is 0.0706. The first-order chi connectivity index (χ1) is 8.76. The molecule has 0 bridgehead atoms. The lowest BCUT2D eigenvalue weighted by Gasteiger charge is -2.20. The van der Waals surface area contributed by atoms with Crippen molar-refractivity contribution in [2.75, 3.05) is 26.8 Å². The Morgan fingerprint density at radius 3 is 2.89 bits per heavy atom. The maximum absolute atomic E-state index is 12.3. The van der Waals surface area contributed by atoms with Crippen molar-refractivity contribution in [1.29, 1.82) is 0 Å². The number of rotatable bonds is 5. The molecule has 0 saturated carbocycles. The number of nitrogens with one attached hydrogen (secondary N) is 1. The van der Waals surface area contributed by atoms with Crippen LogP contribution in [-0.2, 0) is 17.8 Å². The maximum atomic E-state index is 12.3. The second-order valence-corrected chi connectivity index (χ2v) is 4.46. The van der Waals surface area contributed by atoms with Crippen LogP contribution in [-0.4, -0.2) is 37.6 Å². The van der Waals surface area contributed by atoms with Gasteiger partial charge in [0.05, 0.1) is 6.61 Å². The highest BCUT2D eigenvalue weighted by Gasteiger charge is 2.17. The molecule has 1 aromatic rings. The van der Waals surface area contributed by atoms with Crippen LogP contribution in [0.5, 0.6) is 0 Å². The number of carbonyl (C=O) groups is 1. The second-order valence-electron chi connectivity index (χ2n) is 4.46. The molecule has 1 aromatic carbocycles. The van der Waals surface area contributed by atoms with Crippen molar-refractivity contribution in [3.8, 4) is 0 Å². The van der Waals surface area contributed by atoms with E-state index in [9.17, 15) is 4.79 Å². The Morgan fingerprint density at radius 1 is 1.39 bits per heavy atom. The van der Waals surface area contributed by atoms with E-state index in [2.05, 4.69) is 5.32 Å². The summed E-state index contributed by atoms with van der Waals surface area (Å²) in [5.74, 6) is 0.0873. The minimum atomic E-state index is 0.0873. The third kappa shape index (κ3) is 2.71. The fraction of sp³-hybridized carbons (Fsp3) is 0.500. The fourth-order valence-electron chi connectivity index (χ4n) is 2.22. The van der Waals surface area contributed by atoms with Crippen LogP contribution in [0, 0.1) is 0 Å². The SMILES string of the molecule is CCN(CCOC)C(=O)c1ccc2c(c1)CNC2. The quantitative estimate of drug-likeness (QED) is 0.856. The monoisotopic (exact) mass is 248 g/mol. The van der Waals surface area contributed by atoms with Crippen molar-refractivity contribution in [1.82, 2.24) is 10.2 Å². The summed E-state index contributed by atoms with van der Waals surface area (Å²) in [5, 5.41) is 3.29. The molecule has 0 radical (unpaired) electrons. The Balaban J connectivity index is 2.12. The van der Waals surface area contributed by atoms with Crippen molar-refractivity contribution in [2.45, 2.75) is 20.0 Å². The Morgan fingerprint density at radius 2 is 2.17 bits per heavy atom. The number of hydrogen-bond donors (Lipinski definition) is 1. The van der Waals surface area contributed by atoms with Gasteiger partial charge in [-0.15, -0.1) is 0 Å². The van der Waals surface area contributed by atoms with Crippen LogP contribution in [0.3, 0.4) is 0 Å². The van der Waals surface area contributed by atoms with Gasteiger partial charge in [-0.2, -0.15) is 0 Å². The summed E-state index contributed by atoms with van der Waals surface area (Å²) in [4.78, 5) is 14.1. The minimum Gasteiger partial charge on any atom is -0.383 e. The molecule has 18 heavy (non-hydrogen) atoms. The van der Waals surface area contributed by atoms with E-state index in [0.29, 0.717) is 19.7 Å². The zero-order chi connectivity index (χ0) is 13.0. The molecule has 2 rings (SSSR count). The van der Waals surface area contributed by atoms with Gasteiger partial charge in [0.15, 0.2) is 0 Å². The molecular formula is C14H20N2O2. The number of benzene rings is 1. The number of fused-ring (bicyclic) bond motifs is 1. The fourth-order valence-corrected chi connectivity index (χ4v) is 2.22. The van der Waals surface area contributed by atoms with Gasteiger partial charge in [0.2, 0.25) is 0 Å². The summed E-state index contributed by atoms with van der Waals surface area (Å²) < 4.78 is 5.03. The predicted octanol–water partition coefficient (Wildman–Crippen LogP) is 1.40. The predicted molar refractivity (Wildman–Crippen MR) is 70.4 cm³/mol. The van der Waals surface area contributed by atoms with Gasteiger partial charge < -0.3 is 15.0 Å². The highest BCUT2D eigenvalue weighted by atomic mass is 16.5. The van der Waals surface area contributed by atoms with E-state index in [1.165, 1.54) is 11.1 Å². The molecule has 0 saturated heterocycles. The van der Waals surface area contributed by atoms with Gasteiger partial charge in [0.25, 0.3) is 5.91 Å².